The highest BCUT2D eigenvalue weighted by molar-refractivity contribution is 7.91. The number of sulfone groups is 1. The average Bonchev–Trinajstić information content (AvgIpc) is 3.47. The van der Waals surface area contributed by atoms with Crippen LogP contribution >= 0.6 is 0 Å². The molecule has 0 radical (unpaired) electrons. The molecule has 0 amide bonds. The molecule has 0 fully saturated rings. The molecule has 0 N–H and O–H groups in total. The van der Waals surface area contributed by atoms with Crippen molar-refractivity contribution >= 4 is 21.5 Å². The lowest BCUT2D eigenvalue weighted by Gasteiger charge is -2.37. The van der Waals surface area contributed by atoms with E-state index >= 15 is 0 Å². The van der Waals surface area contributed by atoms with Crippen LogP contribution in [0.3, 0.4) is 0 Å². The van der Waals surface area contributed by atoms with Gasteiger partial charge in [-0.15, -0.1) is 0 Å². The van der Waals surface area contributed by atoms with Gasteiger partial charge in [0.1, 0.15) is 6.10 Å². The van der Waals surface area contributed by atoms with Gasteiger partial charge in [-0.3, -0.25) is 10.1 Å². The molecule has 36 heavy (non-hydrogen) atoms. The molecule has 10 heteroatoms. The maximum atomic E-state index is 13.4. The molecule has 0 spiro atoms. The number of esters is 1. The lowest BCUT2D eigenvalue weighted by molar-refractivity contribution is -0.384. The van der Waals surface area contributed by atoms with Crippen molar-refractivity contribution in [1.82, 2.24) is 9.55 Å². The first kappa shape index (κ1) is 22.2. The minimum atomic E-state index is -3.67. The van der Waals surface area contributed by atoms with Crippen LogP contribution in [0.15, 0.2) is 90.2 Å². The largest absolute Gasteiger partial charge is 0.453 e. The second-order valence-electron chi connectivity index (χ2n) is 8.83. The third-order valence-electron chi connectivity index (χ3n) is 6.84. The van der Waals surface area contributed by atoms with E-state index in [9.17, 15) is 23.3 Å². The van der Waals surface area contributed by atoms with Gasteiger partial charge in [0.15, 0.2) is 9.84 Å². The zero-order valence-corrected chi connectivity index (χ0v) is 19.5. The van der Waals surface area contributed by atoms with Gasteiger partial charge in [-0.1, -0.05) is 42.5 Å². The van der Waals surface area contributed by atoms with E-state index in [0.29, 0.717) is 5.56 Å². The predicted octanol–water partition coefficient (Wildman–Crippen LogP) is 4.36. The Hall–Kier alpha value is -4.31. The highest BCUT2D eigenvalue weighted by atomic mass is 32.2. The molecule has 1 aromatic heterocycles. The van der Waals surface area contributed by atoms with Crippen LogP contribution in [0.2, 0.25) is 0 Å². The lowest BCUT2D eigenvalue weighted by Crippen LogP contribution is -2.37. The minimum absolute atomic E-state index is 0.139. The fraction of sp³-hybridized carbons (Fsp3) is 0.154. The van der Waals surface area contributed by atoms with E-state index < -0.39 is 38.8 Å². The Morgan fingerprint density at radius 1 is 1.00 bits per heavy atom. The van der Waals surface area contributed by atoms with Crippen LogP contribution in [-0.4, -0.2) is 34.6 Å². The Bertz CT molecular complexity index is 1630. The lowest BCUT2D eigenvalue weighted by atomic mass is 9.86. The van der Waals surface area contributed by atoms with Gasteiger partial charge in [-0.05, 0) is 23.8 Å². The number of benzene rings is 3. The fourth-order valence-corrected chi connectivity index (χ4v) is 7.15. The molecule has 180 valence electrons. The summed E-state index contributed by atoms with van der Waals surface area (Å²) >= 11 is 0. The molecular weight excluding hydrogens is 482 g/mol. The van der Waals surface area contributed by atoms with E-state index in [4.69, 9.17) is 4.74 Å². The number of ether oxygens (including phenoxy) is 1. The summed E-state index contributed by atoms with van der Waals surface area (Å²) in [5.74, 6) is -1.55. The molecule has 4 aromatic rings. The van der Waals surface area contributed by atoms with Crippen molar-refractivity contribution in [3.05, 3.63) is 112 Å². The van der Waals surface area contributed by atoms with Crippen molar-refractivity contribution < 1.29 is 22.9 Å². The number of aromatic nitrogens is 2. The van der Waals surface area contributed by atoms with E-state index in [1.54, 1.807) is 30.7 Å². The number of hydrogen-bond acceptors (Lipinski definition) is 7. The normalized spacial score (nSPS) is 21.2. The maximum absolute atomic E-state index is 13.4. The van der Waals surface area contributed by atoms with Gasteiger partial charge in [0.05, 0.1) is 45.4 Å². The predicted molar refractivity (Wildman–Crippen MR) is 129 cm³/mol. The third kappa shape index (κ3) is 3.41. The summed E-state index contributed by atoms with van der Waals surface area (Å²) < 4.78 is 34.7. The second kappa shape index (κ2) is 8.13. The Balaban J connectivity index is 1.46. The monoisotopic (exact) mass is 501 g/mol. The summed E-state index contributed by atoms with van der Waals surface area (Å²) in [6.07, 6.45) is 2.53. The number of carbonyl (C=O) groups excluding carboxylic acids is 1. The molecule has 0 saturated carbocycles. The van der Waals surface area contributed by atoms with E-state index in [0.717, 1.165) is 16.8 Å². The third-order valence-corrected chi connectivity index (χ3v) is 8.70. The van der Waals surface area contributed by atoms with Crippen LogP contribution in [-0.2, 0) is 14.6 Å². The van der Waals surface area contributed by atoms with Crippen molar-refractivity contribution in [2.75, 3.05) is 5.75 Å². The summed E-state index contributed by atoms with van der Waals surface area (Å²) in [6, 6.07) is 19.0. The van der Waals surface area contributed by atoms with E-state index in [-0.39, 0.29) is 21.9 Å². The van der Waals surface area contributed by atoms with Crippen molar-refractivity contribution in [2.24, 2.45) is 5.92 Å². The average molecular weight is 502 g/mol. The molecule has 3 heterocycles. The fourth-order valence-electron chi connectivity index (χ4n) is 5.28. The van der Waals surface area contributed by atoms with E-state index in [2.05, 4.69) is 4.98 Å². The molecule has 3 aromatic carbocycles. The number of imidazole rings is 1. The minimum Gasteiger partial charge on any atom is -0.453 e. The first-order chi connectivity index (χ1) is 17.3. The van der Waals surface area contributed by atoms with Crippen LogP contribution in [0, 0.1) is 16.0 Å². The summed E-state index contributed by atoms with van der Waals surface area (Å²) in [5, 5.41) is 11.0. The van der Waals surface area contributed by atoms with Crippen molar-refractivity contribution in [3.63, 3.8) is 0 Å². The van der Waals surface area contributed by atoms with Crippen LogP contribution < -0.4 is 0 Å². The standard InChI is InChI=1S/C26H19N3O6S/c30-26(16-9-11-17(12-10-16)29(31)32)35-25-20-7-3-4-8-23(20)36(33,34)14-21(25)24-19-6-2-1-5-18(19)22-13-27-15-28(22)24/h1-13,15,21,24-25H,14H2. The van der Waals surface area contributed by atoms with E-state index in [1.165, 1.54) is 30.3 Å². The summed E-state index contributed by atoms with van der Waals surface area (Å²) in [6.45, 7) is 0. The highest BCUT2D eigenvalue weighted by Crippen LogP contribution is 2.50. The number of fused-ring (bicyclic) bond motifs is 4. The van der Waals surface area contributed by atoms with Crippen molar-refractivity contribution in [3.8, 4) is 11.3 Å². The molecule has 6 rings (SSSR count). The molecule has 0 aliphatic carbocycles. The SMILES string of the molecule is O=C(OC1c2ccccc2S(=O)(=O)CC1C1c2ccccc2-c2cncn21)c1ccc([N+](=O)[O-])cc1. The molecule has 0 saturated heterocycles. The van der Waals surface area contributed by atoms with Gasteiger partial charge in [-0.25, -0.2) is 18.2 Å². The number of hydrogen-bond donors (Lipinski definition) is 0. The topological polar surface area (TPSA) is 121 Å². The number of carbonyl (C=O) groups is 1. The Labute approximate surface area is 206 Å². The van der Waals surface area contributed by atoms with Gasteiger partial charge >= 0.3 is 5.97 Å². The van der Waals surface area contributed by atoms with Crippen LogP contribution in [0.25, 0.3) is 11.3 Å². The number of nitro benzene ring substituents is 1. The molecular formula is C26H19N3O6S. The van der Waals surface area contributed by atoms with Crippen LogP contribution in [0.1, 0.15) is 33.6 Å². The van der Waals surface area contributed by atoms with Crippen molar-refractivity contribution in [2.45, 2.75) is 17.0 Å². The van der Waals surface area contributed by atoms with Crippen LogP contribution in [0.4, 0.5) is 5.69 Å². The van der Waals surface area contributed by atoms with Gasteiger partial charge in [0.2, 0.25) is 0 Å². The first-order valence-corrected chi connectivity index (χ1v) is 12.9. The Kier molecular flexibility index (Phi) is 5.01. The zero-order chi connectivity index (χ0) is 25.0. The molecule has 2 aliphatic heterocycles. The molecule has 9 nitrogen and oxygen atoms in total. The Morgan fingerprint density at radius 2 is 1.69 bits per heavy atom. The van der Waals surface area contributed by atoms with Gasteiger partial charge in [-0.2, -0.15) is 0 Å². The number of nitrogens with zero attached hydrogens (tertiary/aromatic N) is 3. The van der Waals surface area contributed by atoms with Gasteiger partial charge < -0.3 is 9.30 Å². The quantitative estimate of drug-likeness (QED) is 0.231. The number of non-ortho nitro benzene ring substituents is 1. The summed E-state index contributed by atoms with van der Waals surface area (Å²) in [7, 11) is -3.67. The molecule has 2 aliphatic rings. The number of nitro groups is 1. The molecule has 3 unspecified atom stereocenters. The zero-order valence-electron chi connectivity index (χ0n) is 18.7. The molecule has 3 atom stereocenters. The van der Waals surface area contributed by atoms with Crippen LogP contribution in [0.5, 0.6) is 0 Å². The van der Waals surface area contributed by atoms with Gasteiger partial charge in [0.25, 0.3) is 5.69 Å². The first-order valence-electron chi connectivity index (χ1n) is 11.2. The summed E-state index contributed by atoms with van der Waals surface area (Å²) in [5.41, 5.74) is 3.17. The summed E-state index contributed by atoms with van der Waals surface area (Å²) in [4.78, 5) is 28.1. The van der Waals surface area contributed by atoms with Crippen molar-refractivity contribution in [1.29, 1.82) is 0 Å². The van der Waals surface area contributed by atoms with Gasteiger partial charge in [0, 0.05) is 29.2 Å². The highest BCUT2D eigenvalue weighted by Gasteiger charge is 2.47. The van der Waals surface area contributed by atoms with E-state index in [1.807, 2.05) is 28.8 Å². The smallest absolute Gasteiger partial charge is 0.338 e. The second-order valence-corrected chi connectivity index (χ2v) is 10.8. The maximum Gasteiger partial charge on any atom is 0.338 e. The molecule has 0 bridgehead atoms. The number of rotatable bonds is 4. The Morgan fingerprint density at radius 3 is 2.44 bits per heavy atom.